The van der Waals surface area contributed by atoms with E-state index in [9.17, 15) is 26.4 Å². The summed E-state index contributed by atoms with van der Waals surface area (Å²) in [5.41, 5.74) is 5.87. The fourth-order valence-corrected chi connectivity index (χ4v) is 4.51. The molecule has 0 bridgehead atoms. The van der Waals surface area contributed by atoms with Crippen molar-refractivity contribution in [1.82, 2.24) is 14.7 Å². The molecule has 13 heteroatoms. The van der Waals surface area contributed by atoms with Gasteiger partial charge in [-0.05, 0) is 54.8 Å². The van der Waals surface area contributed by atoms with Gasteiger partial charge in [0.05, 0.1) is 11.9 Å². The van der Waals surface area contributed by atoms with Gasteiger partial charge in [-0.15, -0.1) is 4.40 Å². The summed E-state index contributed by atoms with van der Waals surface area (Å²) in [5.74, 6) is -0.496. The number of nitrogens with two attached hydrogens (primary N) is 1. The lowest BCUT2D eigenvalue weighted by atomic mass is 10.1. The maximum absolute atomic E-state index is 13.4. The molecule has 2 heterocycles. The molecule has 37 heavy (non-hydrogen) atoms. The average Bonchev–Trinajstić information content (AvgIpc) is 3.53. The highest BCUT2D eigenvalue weighted by molar-refractivity contribution is 7.89. The van der Waals surface area contributed by atoms with Crippen LogP contribution in [-0.4, -0.2) is 54.2 Å². The van der Waals surface area contributed by atoms with E-state index < -0.39 is 27.8 Å². The fourth-order valence-electron chi connectivity index (χ4n) is 3.97. The predicted octanol–water partition coefficient (Wildman–Crippen LogP) is 3.40. The molecule has 4 rings (SSSR count). The Hall–Kier alpha value is -3.71. The van der Waals surface area contributed by atoms with Crippen molar-refractivity contribution in [3.05, 3.63) is 77.1 Å². The van der Waals surface area contributed by atoms with Crippen molar-refractivity contribution in [2.75, 3.05) is 24.7 Å². The Morgan fingerprint density at radius 3 is 2.38 bits per heavy atom. The summed E-state index contributed by atoms with van der Waals surface area (Å²) >= 11 is 0. The lowest BCUT2D eigenvalue weighted by Gasteiger charge is -2.20. The number of hydrogen-bond donors (Lipinski definition) is 2. The molecule has 1 aliphatic rings. The third kappa shape index (κ3) is 6.35. The number of nitrogens with zero attached hydrogens (tertiary/aromatic N) is 4. The lowest BCUT2D eigenvalue weighted by molar-refractivity contribution is -0.141. The van der Waals surface area contributed by atoms with Crippen LogP contribution in [0.2, 0.25) is 0 Å². The van der Waals surface area contributed by atoms with E-state index in [4.69, 9.17) is 5.73 Å². The number of sulfonamides is 1. The van der Waals surface area contributed by atoms with Crippen LogP contribution in [0.15, 0.2) is 59.0 Å². The van der Waals surface area contributed by atoms with Crippen molar-refractivity contribution in [2.45, 2.75) is 25.6 Å². The van der Waals surface area contributed by atoms with Gasteiger partial charge in [-0.1, -0.05) is 12.1 Å². The van der Waals surface area contributed by atoms with Gasteiger partial charge in [0.15, 0.2) is 5.69 Å². The van der Waals surface area contributed by atoms with Gasteiger partial charge in [-0.3, -0.25) is 4.79 Å². The molecule has 0 spiro atoms. The molecule has 1 fully saturated rings. The molecule has 9 nitrogen and oxygen atoms in total. The molecular weight excluding hydrogens is 509 g/mol. The van der Waals surface area contributed by atoms with Gasteiger partial charge in [0, 0.05) is 37.0 Å². The van der Waals surface area contributed by atoms with Gasteiger partial charge in [-0.2, -0.15) is 18.3 Å². The number of rotatable bonds is 6. The fraction of sp³-hybridized carbons (Fsp3) is 0.292. The molecule has 196 valence electrons. The molecule has 0 aliphatic carbocycles. The summed E-state index contributed by atoms with van der Waals surface area (Å²) in [7, 11) is -3.65. The molecule has 1 amide bonds. The van der Waals surface area contributed by atoms with E-state index in [0.717, 1.165) is 23.8 Å². The quantitative estimate of drug-likeness (QED) is 0.369. The standard InChI is InChI=1S/C24H25F3N6O3S/c1-37(35,36)31-22(32-11-2-3-12-32)17-7-9-18(10-8-17)29-23(34)20-14-21(24(25,26)27)30-33(20)19-6-4-5-16(13-19)15-28/h4-10,13-14H,2-3,11-12,15,28H2,1H3,(H,29,34). The van der Waals surface area contributed by atoms with Crippen LogP contribution in [0.1, 0.15) is 40.2 Å². The first kappa shape index (κ1) is 26.4. The SMILES string of the molecule is CS(=O)(=O)N=C(c1ccc(NC(=O)c2cc(C(F)(F)F)nn2-c2cccc(CN)c2)cc1)N1CCCC1. The number of benzene rings is 2. The first-order chi connectivity index (χ1) is 17.4. The maximum Gasteiger partial charge on any atom is 0.435 e. The van der Waals surface area contributed by atoms with Crippen molar-refractivity contribution >= 4 is 27.5 Å². The van der Waals surface area contributed by atoms with Crippen molar-refractivity contribution in [1.29, 1.82) is 0 Å². The Bertz CT molecular complexity index is 1430. The Balaban J connectivity index is 1.63. The van der Waals surface area contributed by atoms with Crippen LogP contribution >= 0.6 is 0 Å². The van der Waals surface area contributed by atoms with E-state index >= 15 is 0 Å². The average molecular weight is 535 g/mol. The van der Waals surface area contributed by atoms with Crippen LogP contribution in [0.4, 0.5) is 18.9 Å². The number of aromatic nitrogens is 2. The van der Waals surface area contributed by atoms with Gasteiger partial charge in [0.25, 0.3) is 15.9 Å². The number of anilines is 1. The summed E-state index contributed by atoms with van der Waals surface area (Å²) in [6, 6.07) is 13.3. The third-order valence-electron chi connectivity index (χ3n) is 5.68. The minimum absolute atomic E-state index is 0.164. The van der Waals surface area contributed by atoms with Crippen molar-refractivity contribution in [3.63, 3.8) is 0 Å². The molecular formula is C24H25F3N6O3S. The van der Waals surface area contributed by atoms with Crippen molar-refractivity contribution in [2.24, 2.45) is 10.1 Å². The van der Waals surface area contributed by atoms with E-state index in [2.05, 4.69) is 14.8 Å². The normalized spacial score (nSPS) is 14.7. The summed E-state index contributed by atoms with van der Waals surface area (Å²) in [5, 5.41) is 6.20. The number of halogens is 3. The van der Waals surface area contributed by atoms with Crippen molar-refractivity contribution < 1.29 is 26.4 Å². The van der Waals surface area contributed by atoms with Gasteiger partial charge in [-0.25, -0.2) is 13.1 Å². The zero-order chi connectivity index (χ0) is 26.8. The third-order valence-corrected chi connectivity index (χ3v) is 6.19. The number of alkyl halides is 3. The van der Waals surface area contributed by atoms with Crippen LogP contribution in [0.5, 0.6) is 0 Å². The van der Waals surface area contributed by atoms with Gasteiger partial charge in [0.1, 0.15) is 11.5 Å². The molecule has 1 aromatic heterocycles. The van der Waals surface area contributed by atoms with Gasteiger partial charge in [0.2, 0.25) is 0 Å². The number of nitrogens with one attached hydrogen (secondary N) is 1. The lowest BCUT2D eigenvalue weighted by Crippen LogP contribution is -2.29. The second-order valence-corrected chi connectivity index (χ2v) is 10.2. The second-order valence-electron chi connectivity index (χ2n) is 8.57. The summed E-state index contributed by atoms with van der Waals surface area (Å²) in [6.07, 6.45) is -1.91. The number of likely N-dealkylation sites (tertiary alicyclic amines) is 1. The van der Waals surface area contributed by atoms with E-state index in [1.165, 1.54) is 18.2 Å². The highest BCUT2D eigenvalue weighted by atomic mass is 32.2. The Kier molecular flexibility index (Phi) is 7.37. The molecule has 1 aliphatic heterocycles. The number of carbonyl (C=O) groups excluding carboxylic acids is 1. The minimum Gasteiger partial charge on any atom is -0.355 e. The highest BCUT2D eigenvalue weighted by Gasteiger charge is 2.36. The van der Waals surface area contributed by atoms with Crippen LogP contribution in [0.25, 0.3) is 5.69 Å². The van der Waals surface area contributed by atoms with Crippen LogP contribution in [0.3, 0.4) is 0 Å². The molecule has 2 aromatic carbocycles. The number of carbonyl (C=O) groups is 1. The number of amidine groups is 1. The van der Waals surface area contributed by atoms with Crippen LogP contribution < -0.4 is 11.1 Å². The summed E-state index contributed by atoms with van der Waals surface area (Å²) in [4.78, 5) is 14.9. The molecule has 0 radical (unpaired) electrons. The first-order valence-electron chi connectivity index (χ1n) is 11.4. The van der Waals surface area contributed by atoms with E-state index in [1.807, 2.05) is 4.90 Å². The van der Waals surface area contributed by atoms with Crippen molar-refractivity contribution in [3.8, 4) is 5.69 Å². The summed E-state index contributed by atoms with van der Waals surface area (Å²) in [6.45, 7) is 1.50. The summed E-state index contributed by atoms with van der Waals surface area (Å²) < 4.78 is 68.7. The Labute approximate surface area is 211 Å². The smallest absolute Gasteiger partial charge is 0.355 e. The van der Waals surface area contributed by atoms with Crippen LogP contribution in [0, 0.1) is 0 Å². The topological polar surface area (TPSA) is 123 Å². The van der Waals surface area contributed by atoms with E-state index in [-0.39, 0.29) is 17.9 Å². The zero-order valence-corrected chi connectivity index (χ0v) is 20.7. The maximum atomic E-state index is 13.4. The molecule has 3 N–H and O–H groups in total. The van der Waals surface area contributed by atoms with E-state index in [0.29, 0.717) is 41.8 Å². The van der Waals surface area contributed by atoms with Gasteiger partial charge < -0.3 is 16.0 Å². The zero-order valence-electron chi connectivity index (χ0n) is 19.9. The van der Waals surface area contributed by atoms with E-state index in [1.54, 1.807) is 30.3 Å². The molecule has 1 saturated heterocycles. The largest absolute Gasteiger partial charge is 0.435 e. The molecule has 3 aromatic rings. The minimum atomic E-state index is -4.75. The monoisotopic (exact) mass is 534 g/mol. The molecule has 0 unspecified atom stereocenters. The predicted molar refractivity (Wildman–Crippen MR) is 133 cm³/mol. The number of hydrogen-bond acceptors (Lipinski definition) is 5. The Morgan fingerprint density at radius 1 is 1.11 bits per heavy atom. The Morgan fingerprint density at radius 2 is 1.78 bits per heavy atom. The molecule has 0 saturated carbocycles. The number of amides is 1. The molecule has 0 atom stereocenters. The second kappa shape index (κ2) is 10.3. The highest BCUT2D eigenvalue weighted by Crippen LogP contribution is 2.30. The van der Waals surface area contributed by atoms with Gasteiger partial charge >= 0.3 is 6.18 Å². The van der Waals surface area contributed by atoms with Crippen LogP contribution in [-0.2, 0) is 22.7 Å². The first-order valence-corrected chi connectivity index (χ1v) is 13.2.